The summed E-state index contributed by atoms with van der Waals surface area (Å²) in [5.74, 6) is 0.961. The normalized spacial score (nSPS) is 12.6. The van der Waals surface area contributed by atoms with E-state index in [4.69, 9.17) is 9.47 Å². The summed E-state index contributed by atoms with van der Waals surface area (Å²) >= 11 is 3.36. The molecule has 7 heteroatoms. The van der Waals surface area contributed by atoms with E-state index in [9.17, 15) is 5.26 Å². The van der Waals surface area contributed by atoms with E-state index >= 15 is 0 Å². The number of nitrogens with zero attached hydrogens (tertiary/aromatic N) is 4. The molecule has 0 saturated heterocycles. The van der Waals surface area contributed by atoms with Gasteiger partial charge in [-0.1, -0.05) is 0 Å². The van der Waals surface area contributed by atoms with E-state index in [1.54, 1.807) is 12.3 Å². The number of hydrogen-bond donors (Lipinski definition) is 0. The first-order valence-electron chi connectivity index (χ1n) is 5.99. The van der Waals surface area contributed by atoms with Crippen molar-refractivity contribution in [3.05, 3.63) is 16.7 Å². The first-order chi connectivity index (χ1) is 9.40. The minimum absolute atomic E-state index is 0.175. The van der Waals surface area contributed by atoms with E-state index in [2.05, 4.69) is 27.0 Å². The smallest absolute Gasteiger partial charge is 0.216 e. The van der Waals surface area contributed by atoms with Crippen molar-refractivity contribution in [1.82, 2.24) is 14.8 Å². The number of hydrogen-bond acceptors (Lipinski definition) is 6. The van der Waals surface area contributed by atoms with Crippen molar-refractivity contribution in [3.8, 4) is 17.7 Å². The van der Waals surface area contributed by atoms with E-state index in [-0.39, 0.29) is 6.17 Å². The van der Waals surface area contributed by atoms with Crippen LogP contribution in [0.4, 0.5) is 0 Å². The number of aromatic nitrogens is 1. The standard InChI is InChI=1S/C13H19BrN4O2/c1-17(2)13(18(3)4)11(7-15)20-10-6-12(19-5)16-8-9(10)14/h6,8,11,13H,1-5H3. The third-order valence-electron chi connectivity index (χ3n) is 2.71. The number of ether oxygens (including phenoxy) is 2. The third-order valence-corrected chi connectivity index (χ3v) is 3.31. The number of rotatable bonds is 6. The summed E-state index contributed by atoms with van der Waals surface area (Å²) < 4.78 is 11.6. The van der Waals surface area contributed by atoms with E-state index in [1.165, 1.54) is 7.11 Å². The second kappa shape index (κ2) is 7.43. The molecule has 110 valence electrons. The Kier molecular flexibility index (Phi) is 6.20. The molecule has 0 aliphatic heterocycles. The highest BCUT2D eigenvalue weighted by Crippen LogP contribution is 2.29. The van der Waals surface area contributed by atoms with Gasteiger partial charge in [-0.3, -0.25) is 9.80 Å². The van der Waals surface area contributed by atoms with Crippen LogP contribution in [0.3, 0.4) is 0 Å². The largest absolute Gasteiger partial charge is 0.481 e. The van der Waals surface area contributed by atoms with Gasteiger partial charge in [0.2, 0.25) is 12.0 Å². The lowest BCUT2D eigenvalue weighted by Gasteiger charge is -2.33. The zero-order valence-electron chi connectivity index (χ0n) is 12.3. The Morgan fingerprint density at radius 2 is 1.90 bits per heavy atom. The summed E-state index contributed by atoms with van der Waals surface area (Å²) in [6.45, 7) is 0. The molecule has 0 spiro atoms. The minimum Gasteiger partial charge on any atom is -0.481 e. The van der Waals surface area contributed by atoms with Gasteiger partial charge in [0.1, 0.15) is 18.0 Å². The fourth-order valence-electron chi connectivity index (χ4n) is 1.90. The molecule has 1 aromatic rings. The monoisotopic (exact) mass is 342 g/mol. The Morgan fingerprint density at radius 1 is 1.30 bits per heavy atom. The van der Waals surface area contributed by atoms with Crippen LogP contribution in [-0.2, 0) is 0 Å². The molecular formula is C13H19BrN4O2. The van der Waals surface area contributed by atoms with Crippen molar-refractivity contribution in [2.24, 2.45) is 0 Å². The summed E-state index contributed by atoms with van der Waals surface area (Å²) in [5.41, 5.74) is 0. The fourth-order valence-corrected chi connectivity index (χ4v) is 2.21. The van der Waals surface area contributed by atoms with E-state index in [0.717, 1.165) is 0 Å². The van der Waals surface area contributed by atoms with Gasteiger partial charge in [-0.15, -0.1) is 0 Å². The summed E-state index contributed by atoms with van der Waals surface area (Å²) in [4.78, 5) is 7.91. The summed E-state index contributed by atoms with van der Waals surface area (Å²) in [7, 11) is 9.15. The zero-order valence-corrected chi connectivity index (χ0v) is 13.9. The van der Waals surface area contributed by atoms with E-state index < -0.39 is 6.10 Å². The first kappa shape index (κ1) is 16.7. The summed E-state index contributed by atoms with van der Waals surface area (Å²) in [6.07, 6.45) is 0.762. The molecular weight excluding hydrogens is 324 g/mol. The lowest BCUT2D eigenvalue weighted by Crippen LogP contribution is -2.50. The van der Waals surface area contributed by atoms with Crippen LogP contribution in [-0.4, -0.2) is 62.4 Å². The van der Waals surface area contributed by atoms with Crippen molar-refractivity contribution in [2.75, 3.05) is 35.3 Å². The van der Waals surface area contributed by atoms with Crippen molar-refractivity contribution >= 4 is 15.9 Å². The van der Waals surface area contributed by atoms with Crippen LogP contribution in [0.15, 0.2) is 16.7 Å². The van der Waals surface area contributed by atoms with Gasteiger partial charge in [0.15, 0.2) is 0 Å². The Labute approximate surface area is 128 Å². The maximum atomic E-state index is 9.38. The van der Waals surface area contributed by atoms with Crippen molar-refractivity contribution in [3.63, 3.8) is 0 Å². The number of methoxy groups -OCH3 is 1. The minimum atomic E-state index is -0.650. The molecule has 0 radical (unpaired) electrons. The molecule has 1 atom stereocenters. The van der Waals surface area contributed by atoms with Crippen molar-refractivity contribution < 1.29 is 9.47 Å². The second-order valence-corrected chi connectivity index (χ2v) is 5.52. The Bertz CT molecular complexity index is 480. The lowest BCUT2D eigenvalue weighted by atomic mass is 10.2. The number of likely N-dealkylation sites (N-methyl/N-ethyl adjacent to an activating group) is 2. The van der Waals surface area contributed by atoms with Crippen LogP contribution < -0.4 is 9.47 Å². The highest BCUT2D eigenvalue weighted by molar-refractivity contribution is 9.10. The predicted octanol–water partition coefficient (Wildman–Crippen LogP) is 1.57. The van der Waals surface area contributed by atoms with Gasteiger partial charge >= 0.3 is 0 Å². The zero-order chi connectivity index (χ0) is 15.3. The maximum Gasteiger partial charge on any atom is 0.216 e. The molecule has 1 aromatic heterocycles. The lowest BCUT2D eigenvalue weighted by molar-refractivity contribution is 0.0403. The van der Waals surface area contributed by atoms with Crippen LogP contribution in [0.1, 0.15) is 0 Å². The average molecular weight is 343 g/mol. The molecule has 0 N–H and O–H groups in total. The molecule has 0 aliphatic carbocycles. The summed E-state index contributed by atoms with van der Waals surface area (Å²) in [5, 5.41) is 9.38. The molecule has 0 saturated carbocycles. The van der Waals surface area contributed by atoms with Gasteiger partial charge < -0.3 is 9.47 Å². The van der Waals surface area contributed by atoms with Crippen LogP contribution >= 0.6 is 15.9 Å². The molecule has 0 amide bonds. The summed E-state index contributed by atoms with van der Waals surface area (Å²) in [6, 6.07) is 3.84. The number of pyridine rings is 1. The topological polar surface area (TPSA) is 61.6 Å². The van der Waals surface area contributed by atoms with Crippen molar-refractivity contribution in [1.29, 1.82) is 5.26 Å². The molecule has 0 fully saturated rings. The molecule has 20 heavy (non-hydrogen) atoms. The maximum absolute atomic E-state index is 9.38. The molecule has 0 aliphatic rings. The first-order valence-corrected chi connectivity index (χ1v) is 6.78. The number of nitriles is 1. The highest BCUT2D eigenvalue weighted by Gasteiger charge is 2.28. The van der Waals surface area contributed by atoms with Crippen LogP contribution in [0.2, 0.25) is 0 Å². The molecule has 1 heterocycles. The van der Waals surface area contributed by atoms with Crippen LogP contribution in [0.5, 0.6) is 11.6 Å². The average Bonchev–Trinajstić information content (AvgIpc) is 2.39. The molecule has 1 rings (SSSR count). The van der Waals surface area contributed by atoms with Gasteiger partial charge in [-0.2, -0.15) is 5.26 Å². The van der Waals surface area contributed by atoms with Crippen LogP contribution in [0, 0.1) is 11.3 Å². The molecule has 1 unspecified atom stereocenters. The van der Waals surface area contributed by atoms with Gasteiger partial charge in [-0.25, -0.2) is 4.98 Å². The van der Waals surface area contributed by atoms with Gasteiger partial charge in [0, 0.05) is 12.3 Å². The van der Waals surface area contributed by atoms with Gasteiger partial charge in [-0.05, 0) is 44.1 Å². The fraction of sp³-hybridized carbons (Fsp3) is 0.538. The molecule has 6 nitrogen and oxygen atoms in total. The Hall–Kier alpha value is -1.36. The molecule has 0 aromatic carbocycles. The molecule has 0 bridgehead atoms. The second-order valence-electron chi connectivity index (χ2n) is 4.67. The highest BCUT2D eigenvalue weighted by atomic mass is 79.9. The third kappa shape index (κ3) is 4.07. The van der Waals surface area contributed by atoms with E-state index in [0.29, 0.717) is 16.1 Å². The van der Waals surface area contributed by atoms with E-state index in [1.807, 2.05) is 38.0 Å². The van der Waals surface area contributed by atoms with Crippen molar-refractivity contribution in [2.45, 2.75) is 12.3 Å². The predicted molar refractivity (Wildman–Crippen MR) is 79.7 cm³/mol. The van der Waals surface area contributed by atoms with Crippen LogP contribution in [0.25, 0.3) is 0 Å². The Morgan fingerprint density at radius 3 is 2.35 bits per heavy atom. The number of halogens is 1. The van der Waals surface area contributed by atoms with Gasteiger partial charge in [0.25, 0.3) is 0 Å². The SMILES string of the molecule is COc1cc(OC(C#N)C(N(C)C)N(C)C)c(Br)cn1. The Balaban J connectivity index is 3.02. The van der Waals surface area contributed by atoms with Gasteiger partial charge in [0.05, 0.1) is 11.6 Å². The quantitative estimate of drug-likeness (QED) is 0.731.